The van der Waals surface area contributed by atoms with Gasteiger partial charge in [0.05, 0.1) is 12.1 Å². The van der Waals surface area contributed by atoms with Crippen LogP contribution in [0.5, 0.6) is 0 Å². The Hall–Kier alpha value is -3.54. The summed E-state index contributed by atoms with van der Waals surface area (Å²) < 4.78 is 14.2. The highest BCUT2D eigenvalue weighted by molar-refractivity contribution is 5.95. The van der Waals surface area contributed by atoms with Crippen LogP contribution in [0.4, 0.5) is 4.39 Å². The predicted molar refractivity (Wildman–Crippen MR) is 104 cm³/mol. The SMILES string of the molecule is O=C(c1ccc2ccccc2n1)N1CCc2[nH]nc(-c3ccccc3F)c2C1. The van der Waals surface area contributed by atoms with E-state index in [1.54, 1.807) is 29.2 Å². The molecule has 5 rings (SSSR count). The number of aromatic nitrogens is 3. The molecule has 2 aromatic carbocycles. The molecule has 138 valence electrons. The van der Waals surface area contributed by atoms with E-state index in [1.165, 1.54) is 6.07 Å². The van der Waals surface area contributed by atoms with Crippen molar-refractivity contribution in [2.45, 2.75) is 13.0 Å². The quantitative estimate of drug-likeness (QED) is 0.579. The zero-order valence-corrected chi connectivity index (χ0v) is 15.0. The van der Waals surface area contributed by atoms with Crippen molar-refractivity contribution < 1.29 is 9.18 Å². The normalized spacial score (nSPS) is 13.5. The Labute approximate surface area is 160 Å². The fraction of sp³-hybridized carbons (Fsp3) is 0.136. The van der Waals surface area contributed by atoms with Crippen LogP contribution in [-0.4, -0.2) is 32.5 Å². The minimum atomic E-state index is -0.323. The van der Waals surface area contributed by atoms with E-state index in [0.717, 1.165) is 22.2 Å². The largest absolute Gasteiger partial charge is 0.332 e. The molecule has 1 aliphatic rings. The minimum absolute atomic E-state index is 0.128. The molecule has 0 saturated carbocycles. The Balaban J connectivity index is 1.47. The van der Waals surface area contributed by atoms with E-state index in [1.807, 2.05) is 30.3 Å². The first kappa shape index (κ1) is 16.6. The Morgan fingerprint density at radius 1 is 1.04 bits per heavy atom. The fourth-order valence-corrected chi connectivity index (χ4v) is 3.69. The van der Waals surface area contributed by atoms with Gasteiger partial charge in [0.2, 0.25) is 0 Å². The summed E-state index contributed by atoms with van der Waals surface area (Å²) >= 11 is 0. The number of pyridine rings is 1. The maximum atomic E-state index is 14.2. The van der Waals surface area contributed by atoms with Crippen LogP contribution in [0.2, 0.25) is 0 Å². The first-order chi connectivity index (χ1) is 13.7. The number of carbonyl (C=O) groups is 1. The van der Waals surface area contributed by atoms with E-state index < -0.39 is 0 Å². The number of hydrogen-bond donors (Lipinski definition) is 1. The first-order valence-electron chi connectivity index (χ1n) is 9.17. The molecule has 0 radical (unpaired) electrons. The van der Waals surface area contributed by atoms with E-state index in [0.29, 0.717) is 36.5 Å². The summed E-state index contributed by atoms with van der Waals surface area (Å²) in [5.74, 6) is -0.450. The number of nitrogens with zero attached hydrogens (tertiary/aromatic N) is 3. The molecule has 0 spiro atoms. The van der Waals surface area contributed by atoms with Gasteiger partial charge < -0.3 is 4.90 Å². The number of hydrogen-bond acceptors (Lipinski definition) is 3. The minimum Gasteiger partial charge on any atom is -0.332 e. The van der Waals surface area contributed by atoms with Crippen LogP contribution in [0, 0.1) is 5.82 Å². The highest BCUT2D eigenvalue weighted by atomic mass is 19.1. The van der Waals surface area contributed by atoms with Gasteiger partial charge in [0.15, 0.2) is 0 Å². The van der Waals surface area contributed by atoms with Crippen LogP contribution in [0.1, 0.15) is 21.7 Å². The number of rotatable bonds is 2. The lowest BCUT2D eigenvalue weighted by molar-refractivity contribution is 0.0729. The van der Waals surface area contributed by atoms with Gasteiger partial charge in [0, 0.05) is 35.2 Å². The van der Waals surface area contributed by atoms with Crippen LogP contribution in [0.15, 0.2) is 60.7 Å². The van der Waals surface area contributed by atoms with E-state index in [2.05, 4.69) is 15.2 Å². The molecule has 6 heteroatoms. The maximum absolute atomic E-state index is 14.2. The molecule has 0 aliphatic carbocycles. The summed E-state index contributed by atoms with van der Waals surface area (Å²) in [6.45, 7) is 0.947. The number of halogens is 1. The van der Waals surface area contributed by atoms with Gasteiger partial charge >= 0.3 is 0 Å². The molecule has 5 nitrogen and oxygen atoms in total. The van der Waals surface area contributed by atoms with Gasteiger partial charge in [-0.2, -0.15) is 5.10 Å². The summed E-state index contributed by atoms with van der Waals surface area (Å²) in [7, 11) is 0. The number of aromatic amines is 1. The second-order valence-electron chi connectivity index (χ2n) is 6.88. The number of para-hydroxylation sites is 1. The van der Waals surface area contributed by atoms with E-state index in [-0.39, 0.29) is 11.7 Å². The first-order valence-corrected chi connectivity index (χ1v) is 9.17. The molecule has 1 amide bonds. The van der Waals surface area contributed by atoms with Gasteiger partial charge in [-0.1, -0.05) is 36.4 Å². The maximum Gasteiger partial charge on any atom is 0.272 e. The highest BCUT2D eigenvalue weighted by Crippen LogP contribution is 2.30. The van der Waals surface area contributed by atoms with E-state index >= 15 is 0 Å². The van der Waals surface area contributed by atoms with Gasteiger partial charge in [-0.3, -0.25) is 9.89 Å². The molecule has 0 saturated heterocycles. The molecule has 28 heavy (non-hydrogen) atoms. The Kier molecular flexibility index (Phi) is 3.90. The lowest BCUT2D eigenvalue weighted by atomic mass is 10.0. The second kappa shape index (κ2) is 6.56. The molecule has 0 bridgehead atoms. The number of amides is 1. The highest BCUT2D eigenvalue weighted by Gasteiger charge is 2.27. The number of carbonyl (C=O) groups excluding carboxylic acids is 1. The topological polar surface area (TPSA) is 61.9 Å². The molecular formula is C22H17FN4O. The average molecular weight is 372 g/mol. The van der Waals surface area contributed by atoms with Crippen LogP contribution in [0.25, 0.3) is 22.2 Å². The van der Waals surface area contributed by atoms with E-state index in [4.69, 9.17) is 0 Å². The Morgan fingerprint density at radius 3 is 2.75 bits per heavy atom. The monoisotopic (exact) mass is 372 g/mol. The van der Waals surface area contributed by atoms with E-state index in [9.17, 15) is 9.18 Å². The van der Waals surface area contributed by atoms with Crippen molar-refractivity contribution >= 4 is 16.8 Å². The summed E-state index contributed by atoms with van der Waals surface area (Å²) in [6.07, 6.45) is 0.649. The van der Waals surface area contributed by atoms with Gasteiger partial charge in [0.25, 0.3) is 5.91 Å². The summed E-state index contributed by atoms with van der Waals surface area (Å²) in [5, 5.41) is 8.32. The molecule has 0 fully saturated rings. The molecule has 0 atom stereocenters. The smallest absolute Gasteiger partial charge is 0.272 e. The van der Waals surface area contributed by atoms with Crippen molar-refractivity contribution in [3.63, 3.8) is 0 Å². The zero-order valence-electron chi connectivity index (χ0n) is 15.0. The molecule has 2 aromatic heterocycles. The van der Waals surface area contributed by atoms with Crippen molar-refractivity contribution in [3.8, 4) is 11.3 Å². The Morgan fingerprint density at radius 2 is 1.86 bits per heavy atom. The lowest BCUT2D eigenvalue weighted by Crippen LogP contribution is -2.36. The van der Waals surface area contributed by atoms with Gasteiger partial charge in [-0.15, -0.1) is 0 Å². The standard InChI is InChI=1S/C22H17FN4O/c23-17-7-3-2-6-15(17)21-16-13-27(12-11-19(16)25-26-21)22(28)20-10-9-14-5-1-4-8-18(14)24-20/h1-10H,11-13H2,(H,25,26). The lowest BCUT2D eigenvalue weighted by Gasteiger charge is -2.27. The summed E-state index contributed by atoms with van der Waals surface area (Å²) in [5.41, 5.74) is 4.04. The van der Waals surface area contributed by atoms with Crippen molar-refractivity contribution in [3.05, 3.63) is 83.4 Å². The fourth-order valence-electron chi connectivity index (χ4n) is 3.69. The number of fused-ring (bicyclic) bond motifs is 2. The third-order valence-corrected chi connectivity index (χ3v) is 5.17. The molecule has 4 aromatic rings. The van der Waals surface area contributed by atoms with Crippen LogP contribution in [-0.2, 0) is 13.0 Å². The number of benzene rings is 2. The second-order valence-corrected chi connectivity index (χ2v) is 6.88. The molecular weight excluding hydrogens is 355 g/mol. The van der Waals surface area contributed by atoms with Gasteiger partial charge in [-0.05, 0) is 24.3 Å². The van der Waals surface area contributed by atoms with Gasteiger partial charge in [0.1, 0.15) is 17.2 Å². The Bertz CT molecular complexity index is 1200. The summed E-state index contributed by atoms with van der Waals surface area (Å²) in [6, 6.07) is 17.9. The van der Waals surface area contributed by atoms with Crippen LogP contribution < -0.4 is 0 Å². The van der Waals surface area contributed by atoms with Gasteiger partial charge in [-0.25, -0.2) is 9.37 Å². The van der Waals surface area contributed by atoms with Crippen LogP contribution in [0.3, 0.4) is 0 Å². The predicted octanol–water partition coefficient (Wildman–Crippen LogP) is 3.96. The number of H-pyrrole nitrogens is 1. The molecule has 3 heterocycles. The third-order valence-electron chi connectivity index (χ3n) is 5.17. The summed E-state index contributed by atoms with van der Waals surface area (Å²) in [4.78, 5) is 19.3. The molecule has 0 unspecified atom stereocenters. The van der Waals surface area contributed by atoms with Crippen molar-refractivity contribution in [2.75, 3.05) is 6.54 Å². The molecule has 1 N–H and O–H groups in total. The van der Waals surface area contributed by atoms with Crippen molar-refractivity contribution in [1.82, 2.24) is 20.1 Å². The number of nitrogens with one attached hydrogen (secondary N) is 1. The average Bonchev–Trinajstić information content (AvgIpc) is 3.16. The third kappa shape index (κ3) is 2.74. The molecule has 1 aliphatic heterocycles. The van der Waals surface area contributed by atoms with Crippen molar-refractivity contribution in [2.24, 2.45) is 0 Å². The van der Waals surface area contributed by atoms with Crippen LogP contribution >= 0.6 is 0 Å². The van der Waals surface area contributed by atoms with Crippen molar-refractivity contribution in [1.29, 1.82) is 0 Å². The zero-order chi connectivity index (χ0) is 19.1.